The van der Waals surface area contributed by atoms with Gasteiger partial charge in [-0.25, -0.2) is 5.01 Å². The molecule has 0 amide bonds. The molecule has 0 saturated heterocycles. The fraction of sp³-hybridized carbons (Fsp3) is 0.538. The van der Waals surface area contributed by atoms with Crippen molar-refractivity contribution in [1.29, 1.82) is 0 Å². The molecule has 0 bridgehead atoms. The monoisotopic (exact) mass is 298 g/mol. The summed E-state index contributed by atoms with van der Waals surface area (Å²) < 4.78 is 0. The molecule has 0 aliphatic heterocycles. The zero-order valence-electron chi connectivity index (χ0n) is 12.8. The van der Waals surface area contributed by atoms with Gasteiger partial charge in [0.2, 0.25) is 0 Å². The van der Waals surface area contributed by atoms with Gasteiger partial charge in [0.1, 0.15) is 5.84 Å². The summed E-state index contributed by atoms with van der Waals surface area (Å²) in [5, 5.41) is 1.61. The molecule has 0 aliphatic carbocycles. The van der Waals surface area contributed by atoms with Crippen molar-refractivity contribution in [2.45, 2.75) is 13.8 Å². The van der Waals surface area contributed by atoms with Crippen LogP contribution in [0.1, 0.15) is 13.8 Å². The molecule has 7 heteroatoms. The summed E-state index contributed by atoms with van der Waals surface area (Å²) in [7, 11) is 1.65. The quantitative estimate of drug-likeness (QED) is 0.265. The molecule has 0 spiro atoms. The van der Waals surface area contributed by atoms with Crippen LogP contribution in [-0.2, 0) is 0 Å². The number of nitrogens with zero attached hydrogens (tertiary/aromatic N) is 3. The van der Waals surface area contributed by atoms with Gasteiger partial charge in [-0.3, -0.25) is 15.8 Å². The van der Waals surface area contributed by atoms with Crippen molar-refractivity contribution >= 4 is 23.3 Å². The van der Waals surface area contributed by atoms with Crippen molar-refractivity contribution in [1.82, 2.24) is 5.01 Å². The lowest BCUT2D eigenvalue weighted by molar-refractivity contribution is 0.351. The molecule has 114 valence electrons. The van der Waals surface area contributed by atoms with E-state index in [1.807, 2.05) is 26.2 Å². The van der Waals surface area contributed by atoms with E-state index < -0.39 is 0 Å². The Balaban J connectivity index is 4.87. The lowest BCUT2D eigenvalue weighted by Gasteiger charge is -2.16. The van der Waals surface area contributed by atoms with Crippen molar-refractivity contribution in [3.63, 3.8) is 0 Å². The first-order chi connectivity index (χ1) is 9.48. The molecule has 0 heterocycles. The van der Waals surface area contributed by atoms with Crippen molar-refractivity contribution in [2.24, 2.45) is 27.3 Å². The predicted octanol–water partition coefficient (Wildman–Crippen LogP) is 0.719. The normalized spacial score (nSPS) is 15.1. The van der Waals surface area contributed by atoms with Crippen LogP contribution in [0.15, 0.2) is 32.7 Å². The maximum absolute atomic E-state index is 5.89. The van der Waals surface area contributed by atoms with E-state index in [1.165, 1.54) is 0 Å². The van der Waals surface area contributed by atoms with E-state index in [2.05, 4.69) is 9.98 Å². The minimum atomic E-state index is 0.435. The summed E-state index contributed by atoms with van der Waals surface area (Å²) in [6, 6.07) is 0. The Kier molecular flexibility index (Phi) is 9.79. The van der Waals surface area contributed by atoms with Crippen LogP contribution in [-0.4, -0.2) is 49.5 Å². The highest BCUT2D eigenvalue weighted by molar-refractivity contribution is 8.03. The molecular formula is C13H26N6S. The summed E-state index contributed by atoms with van der Waals surface area (Å²) in [6.45, 7) is 5.72. The minimum absolute atomic E-state index is 0.435. The SMILES string of the molecule is CCN=C(/C=C(\C)CN(N)CC(N)=NC)C(=CN)SC. The first kappa shape index (κ1) is 18.7. The standard InChI is InChI=1S/C13H26N6S/c1-5-18-11(12(7-14)20-4)6-10(2)8-19(16)9-13(15)17-3/h6-7H,5,8-9,14,16H2,1-4H3,(H2,15,17)/b10-6+,12-7?,18-11?. The number of hydrogen-bond donors (Lipinski definition) is 3. The third-order valence-electron chi connectivity index (χ3n) is 2.44. The van der Waals surface area contributed by atoms with Gasteiger partial charge in [0.25, 0.3) is 0 Å². The molecule has 6 N–H and O–H groups in total. The van der Waals surface area contributed by atoms with Gasteiger partial charge in [0.15, 0.2) is 0 Å². The van der Waals surface area contributed by atoms with E-state index in [9.17, 15) is 0 Å². The van der Waals surface area contributed by atoms with Crippen LogP contribution < -0.4 is 17.3 Å². The fourth-order valence-corrected chi connectivity index (χ4v) is 2.03. The molecular weight excluding hydrogens is 272 g/mol. The van der Waals surface area contributed by atoms with Crippen LogP contribution in [0.3, 0.4) is 0 Å². The Morgan fingerprint density at radius 1 is 1.35 bits per heavy atom. The molecule has 0 atom stereocenters. The number of rotatable bonds is 8. The molecule has 6 nitrogen and oxygen atoms in total. The van der Waals surface area contributed by atoms with Crippen molar-refractivity contribution in [3.8, 4) is 0 Å². The number of amidine groups is 1. The zero-order valence-corrected chi connectivity index (χ0v) is 13.6. The number of thioether (sulfide) groups is 1. The summed E-state index contributed by atoms with van der Waals surface area (Å²) in [5.74, 6) is 6.40. The van der Waals surface area contributed by atoms with Gasteiger partial charge in [-0.2, -0.15) is 0 Å². The Hall–Kier alpha value is -1.31. The van der Waals surface area contributed by atoms with Gasteiger partial charge in [-0.15, -0.1) is 11.8 Å². The second-order valence-electron chi connectivity index (χ2n) is 4.21. The van der Waals surface area contributed by atoms with Crippen LogP contribution in [0.2, 0.25) is 0 Å². The molecule has 0 aromatic carbocycles. The summed E-state index contributed by atoms with van der Waals surface area (Å²) >= 11 is 1.57. The molecule has 0 saturated carbocycles. The highest BCUT2D eigenvalue weighted by Gasteiger charge is 2.06. The van der Waals surface area contributed by atoms with Gasteiger partial charge in [0.05, 0.1) is 12.3 Å². The Bertz CT molecular complexity index is 411. The molecule has 0 aromatic rings. The predicted molar refractivity (Wildman–Crippen MR) is 90.8 cm³/mol. The number of allylic oxidation sites excluding steroid dienone is 2. The zero-order chi connectivity index (χ0) is 15.5. The smallest absolute Gasteiger partial charge is 0.109 e. The lowest BCUT2D eigenvalue weighted by Crippen LogP contribution is -2.40. The number of hydrazine groups is 1. The second-order valence-corrected chi connectivity index (χ2v) is 5.05. The first-order valence-corrected chi connectivity index (χ1v) is 7.59. The minimum Gasteiger partial charge on any atom is -0.404 e. The molecule has 0 fully saturated rings. The Morgan fingerprint density at radius 3 is 2.45 bits per heavy atom. The number of nitrogens with two attached hydrogens (primary N) is 3. The van der Waals surface area contributed by atoms with Gasteiger partial charge in [-0.1, -0.05) is 5.57 Å². The van der Waals surface area contributed by atoms with Crippen LogP contribution in [0.5, 0.6) is 0 Å². The third-order valence-corrected chi connectivity index (χ3v) is 3.23. The van der Waals surface area contributed by atoms with E-state index in [1.54, 1.807) is 30.0 Å². The number of aliphatic imine (C=N–C) groups is 2. The summed E-state index contributed by atoms with van der Waals surface area (Å²) in [4.78, 5) is 9.28. The third kappa shape index (κ3) is 7.32. The fourth-order valence-electron chi connectivity index (χ4n) is 1.56. The Labute approximate surface area is 125 Å². The molecule has 0 radical (unpaired) electrons. The van der Waals surface area contributed by atoms with Crippen LogP contribution >= 0.6 is 11.8 Å². The second kappa shape index (κ2) is 10.5. The van der Waals surface area contributed by atoms with Crippen LogP contribution in [0, 0.1) is 0 Å². The summed E-state index contributed by atoms with van der Waals surface area (Å²) in [5.41, 5.74) is 13.2. The highest BCUT2D eigenvalue weighted by Crippen LogP contribution is 2.14. The molecule has 0 unspecified atom stereocenters. The maximum Gasteiger partial charge on any atom is 0.109 e. The van der Waals surface area contributed by atoms with E-state index in [0.717, 1.165) is 16.2 Å². The average molecular weight is 298 g/mol. The molecule has 0 aliphatic rings. The number of hydrogen-bond acceptors (Lipinski definition) is 6. The van der Waals surface area contributed by atoms with Crippen molar-refractivity contribution < 1.29 is 0 Å². The van der Waals surface area contributed by atoms with E-state index in [4.69, 9.17) is 17.3 Å². The first-order valence-electron chi connectivity index (χ1n) is 6.37. The van der Waals surface area contributed by atoms with Gasteiger partial charge >= 0.3 is 0 Å². The largest absolute Gasteiger partial charge is 0.404 e. The average Bonchev–Trinajstić information content (AvgIpc) is 2.39. The van der Waals surface area contributed by atoms with E-state index in [-0.39, 0.29) is 0 Å². The van der Waals surface area contributed by atoms with Crippen molar-refractivity contribution in [2.75, 3.05) is 32.9 Å². The summed E-state index contributed by atoms with van der Waals surface area (Å²) in [6.07, 6.45) is 5.55. The van der Waals surface area contributed by atoms with Crippen molar-refractivity contribution in [3.05, 3.63) is 22.8 Å². The van der Waals surface area contributed by atoms with Gasteiger partial charge in [-0.05, 0) is 26.2 Å². The Morgan fingerprint density at radius 2 is 2.00 bits per heavy atom. The van der Waals surface area contributed by atoms with Gasteiger partial charge in [0, 0.05) is 31.2 Å². The van der Waals surface area contributed by atoms with Crippen LogP contribution in [0.4, 0.5) is 0 Å². The molecule has 0 rings (SSSR count). The highest BCUT2D eigenvalue weighted by atomic mass is 32.2. The molecule has 0 aromatic heterocycles. The van der Waals surface area contributed by atoms with E-state index >= 15 is 0 Å². The van der Waals surface area contributed by atoms with E-state index in [0.29, 0.717) is 25.5 Å². The maximum atomic E-state index is 5.89. The van der Waals surface area contributed by atoms with Crippen LogP contribution in [0.25, 0.3) is 0 Å². The topological polar surface area (TPSA) is 106 Å². The molecule has 20 heavy (non-hydrogen) atoms. The van der Waals surface area contributed by atoms with Gasteiger partial charge < -0.3 is 11.5 Å². The lowest BCUT2D eigenvalue weighted by atomic mass is 10.2.